The third-order valence-corrected chi connectivity index (χ3v) is 7.00. The van der Waals surface area contributed by atoms with E-state index in [0.29, 0.717) is 17.2 Å². The van der Waals surface area contributed by atoms with Crippen LogP contribution in [0.4, 0.5) is 0 Å². The van der Waals surface area contributed by atoms with Gasteiger partial charge in [-0.3, -0.25) is 4.79 Å². The first-order chi connectivity index (χ1) is 12.6. The molecule has 2 heterocycles. The van der Waals surface area contributed by atoms with Gasteiger partial charge in [0.1, 0.15) is 0 Å². The molecule has 3 aliphatic rings. The largest absolute Gasteiger partial charge is 0.342 e. The maximum Gasteiger partial charge on any atom is 0.222 e. The van der Waals surface area contributed by atoms with Crippen molar-refractivity contribution in [1.29, 1.82) is 0 Å². The summed E-state index contributed by atoms with van der Waals surface area (Å²) in [6.07, 6.45) is 9.82. The van der Waals surface area contributed by atoms with Crippen molar-refractivity contribution in [1.82, 2.24) is 9.80 Å². The Morgan fingerprint density at radius 1 is 1.04 bits per heavy atom. The average Bonchev–Trinajstić information content (AvgIpc) is 3.26. The Hall–Kier alpha value is -1.35. The third-order valence-electron chi connectivity index (χ3n) is 7.00. The van der Waals surface area contributed by atoms with Gasteiger partial charge in [-0.2, -0.15) is 0 Å². The molecule has 4 rings (SSSR count). The van der Waals surface area contributed by atoms with Gasteiger partial charge in [0, 0.05) is 38.0 Å². The van der Waals surface area contributed by atoms with Gasteiger partial charge in [0.25, 0.3) is 0 Å². The quantitative estimate of drug-likeness (QED) is 0.793. The number of carbonyl (C=O) groups is 1. The first-order valence-electron chi connectivity index (χ1n) is 10.7. The summed E-state index contributed by atoms with van der Waals surface area (Å²) >= 11 is 0. The Morgan fingerprint density at radius 2 is 1.81 bits per heavy atom. The first-order valence-corrected chi connectivity index (χ1v) is 10.7. The lowest BCUT2D eigenvalue weighted by molar-refractivity contribution is -0.128. The smallest absolute Gasteiger partial charge is 0.222 e. The minimum Gasteiger partial charge on any atom is -0.342 e. The van der Waals surface area contributed by atoms with Crippen LogP contribution in [0.1, 0.15) is 62.5 Å². The molecule has 3 nitrogen and oxygen atoms in total. The first kappa shape index (κ1) is 18.0. The van der Waals surface area contributed by atoms with Crippen LogP contribution in [0, 0.1) is 12.8 Å². The molecule has 1 aromatic rings. The van der Waals surface area contributed by atoms with E-state index in [4.69, 9.17) is 0 Å². The van der Waals surface area contributed by atoms with Gasteiger partial charge in [-0.1, -0.05) is 42.7 Å². The van der Waals surface area contributed by atoms with Crippen LogP contribution in [0.2, 0.25) is 0 Å². The molecule has 1 aromatic carbocycles. The molecule has 26 heavy (non-hydrogen) atoms. The van der Waals surface area contributed by atoms with Crippen molar-refractivity contribution in [2.24, 2.45) is 5.92 Å². The summed E-state index contributed by atoms with van der Waals surface area (Å²) in [7, 11) is 0. The highest BCUT2D eigenvalue weighted by atomic mass is 16.2. The molecule has 0 bridgehead atoms. The van der Waals surface area contributed by atoms with Crippen molar-refractivity contribution in [3.63, 3.8) is 0 Å². The summed E-state index contributed by atoms with van der Waals surface area (Å²) < 4.78 is 0. The van der Waals surface area contributed by atoms with E-state index in [0.717, 1.165) is 25.9 Å². The highest BCUT2D eigenvalue weighted by molar-refractivity contribution is 5.78. The van der Waals surface area contributed by atoms with Gasteiger partial charge in [-0.15, -0.1) is 0 Å². The number of nitrogens with zero attached hydrogens (tertiary/aromatic N) is 2. The molecule has 1 amide bonds. The molecular formula is C23H34N2O. The average molecular weight is 355 g/mol. The molecule has 1 unspecified atom stereocenters. The maximum atomic E-state index is 12.0. The molecule has 3 heteroatoms. The highest BCUT2D eigenvalue weighted by Crippen LogP contribution is 2.42. The molecule has 1 saturated carbocycles. The predicted octanol–water partition coefficient (Wildman–Crippen LogP) is 4.14. The van der Waals surface area contributed by atoms with E-state index in [1.54, 1.807) is 5.56 Å². The van der Waals surface area contributed by atoms with E-state index >= 15 is 0 Å². The molecule has 2 aliphatic heterocycles. The summed E-state index contributed by atoms with van der Waals surface area (Å²) in [6.45, 7) is 7.78. The van der Waals surface area contributed by atoms with E-state index < -0.39 is 0 Å². The van der Waals surface area contributed by atoms with Gasteiger partial charge in [0.15, 0.2) is 0 Å². The molecule has 1 atom stereocenters. The van der Waals surface area contributed by atoms with Crippen molar-refractivity contribution in [2.45, 2.75) is 63.7 Å². The van der Waals surface area contributed by atoms with Crippen LogP contribution in [-0.2, 0) is 10.2 Å². The standard InChI is InChI=1S/C23H34N2O/c1-19-8-10-21(11-9-19)23(12-2-3-13-23)18-24-14-4-6-20(16-24)17-25-15-5-7-22(25)26/h8-11,20H,2-7,12-18H2,1H3. The second kappa shape index (κ2) is 7.72. The van der Waals surface area contributed by atoms with Crippen LogP contribution < -0.4 is 0 Å². The van der Waals surface area contributed by atoms with E-state index in [1.165, 1.54) is 63.7 Å². The van der Waals surface area contributed by atoms with E-state index in [2.05, 4.69) is 41.0 Å². The van der Waals surface area contributed by atoms with Gasteiger partial charge in [-0.05, 0) is 57.1 Å². The van der Waals surface area contributed by atoms with Crippen LogP contribution in [0.3, 0.4) is 0 Å². The fourth-order valence-electron chi connectivity index (χ4n) is 5.58. The fourth-order valence-corrected chi connectivity index (χ4v) is 5.58. The monoisotopic (exact) mass is 354 g/mol. The van der Waals surface area contributed by atoms with Crippen LogP contribution in [0.15, 0.2) is 24.3 Å². The van der Waals surface area contributed by atoms with Crippen molar-refractivity contribution >= 4 is 5.91 Å². The normalized spacial score (nSPS) is 26.6. The Bertz CT molecular complexity index is 618. The van der Waals surface area contributed by atoms with Gasteiger partial charge in [0.05, 0.1) is 0 Å². The SMILES string of the molecule is Cc1ccc(C2(CN3CCCC(CN4CCCC4=O)C3)CCCC2)cc1. The van der Waals surface area contributed by atoms with Crippen molar-refractivity contribution in [2.75, 3.05) is 32.7 Å². The van der Waals surface area contributed by atoms with Crippen molar-refractivity contribution in [3.8, 4) is 0 Å². The number of hydrogen-bond acceptors (Lipinski definition) is 2. The second-order valence-corrected chi connectivity index (χ2v) is 9.04. The Kier molecular flexibility index (Phi) is 5.35. The van der Waals surface area contributed by atoms with Crippen LogP contribution >= 0.6 is 0 Å². The van der Waals surface area contributed by atoms with Crippen molar-refractivity contribution < 1.29 is 4.79 Å². The molecule has 0 spiro atoms. The lowest BCUT2D eigenvalue weighted by Gasteiger charge is -2.41. The summed E-state index contributed by atoms with van der Waals surface area (Å²) in [5, 5.41) is 0. The molecule has 2 saturated heterocycles. The minimum atomic E-state index is 0.360. The van der Waals surface area contributed by atoms with Crippen LogP contribution in [0.25, 0.3) is 0 Å². The summed E-state index contributed by atoms with van der Waals surface area (Å²) in [5.74, 6) is 1.05. The lowest BCUT2D eigenvalue weighted by atomic mass is 9.77. The van der Waals surface area contributed by atoms with Crippen LogP contribution in [-0.4, -0.2) is 48.4 Å². The molecular weight excluding hydrogens is 320 g/mol. The third kappa shape index (κ3) is 3.83. The number of amides is 1. The molecule has 1 aliphatic carbocycles. The summed E-state index contributed by atoms with van der Waals surface area (Å²) in [5.41, 5.74) is 3.27. The molecule has 0 aromatic heterocycles. The molecule has 0 radical (unpaired) electrons. The number of benzene rings is 1. The van der Waals surface area contributed by atoms with Gasteiger partial charge in [-0.25, -0.2) is 0 Å². The molecule has 142 valence electrons. The summed E-state index contributed by atoms with van der Waals surface area (Å²) in [6, 6.07) is 9.33. The van der Waals surface area contributed by atoms with E-state index in [9.17, 15) is 4.79 Å². The number of likely N-dealkylation sites (tertiary alicyclic amines) is 2. The number of hydrogen-bond donors (Lipinski definition) is 0. The van der Waals surface area contributed by atoms with E-state index in [-0.39, 0.29) is 0 Å². The summed E-state index contributed by atoms with van der Waals surface area (Å²) in [4.78, 5) is 16.8. The molecule has 3 fully saturated rings. The number of aryl methyl sites for hydroxylation is 1. The lowest BCUT2D eigenvalue weighted by Crippen LogP contribution is -2.46. The number of rotatable bonds is 5. The second-order valence-electron chi connectivity index (χ2n) is 9.04. The fraction of sp³-hybridized carbons (Fsp3) is 0.696. The van der Waals surface area contributed by atoms with Crippen molar-refractivity contribution in [3.05, 3.63) is 35.4 Å². The van der Waals surface area contributed by atoms with Crippen LogP contribution in [0.5, 0.6) is 0 Å². The Morgan fingerprint density at radius 3 is 2.50 bits per heavy atom. The van der Waals surface area contributed by atoms with Gasteiger partial charge in [0.2, 0.25) is 5.91 Å². The number of piperidine rings is 1. The minimum absolute atomic E-state index is 0.360. The van der Waals surface area contributed by atoms with E-state index in [1.807, 2.05) is 0 Å². The maximum absolute atomic E-state index is 12.0. The predicted molar refractivity (Wildman–Crippen MR) is 106 cm³/mol. The zero-order chi connectivity index (χ0) is 18.0. The Labute approximate surface area is 158 Å². The zero-order valence-corrected chi connectivity index (χ0v) is 16.4. The zero-order valence-electron chi connectivity index (χ0n) is 16.4. The topological polar surface area (TPSA) is 23.6 Å². The Balaban J connectivity index is 1.42. The van der Waals surface area contributed by atoms with Gasteiger partial charge >= 0.3 is 0 Å². The molecule has 0 N–H and O–H groups in total. The van der Waals surface area contributed by atoms with Gasteiger partial charge < -0.3 is 9.80 Å². The number of carbonyl (C=O) groups excluding carboxylic acids is 1. The highest BCUT2D eigenvalue weighted by Gasteiger charge is 2.38.